The number of ketones is 1. The molecular formula is C20H17FINO3S. The maximum atomic E-state index is 14.3. The van der Waals surface area contributed by atoms with E-state index in [1.807, 2.05) is 12.1 Å². The number of aromatic nitrogens is 1. The molecule has 3 aromatic rings. The standard InChI is InChI=1S/C20H17FINO3S/c1-2-25-7-8-26-12-18(24)20-15(16-11-23-6-5-19(16)27-20)9-13-3-4-14(22)10-17(13)21/h2-6,10-11H,1,7-9,12H2. The summed E-state index contributed by atoms with van der Waals surface area (Å²) in [7, 11) is 0. The lowest BCUT2D eigenvalue weighted by Gasteiger charge is -2.07. The van der Waals surface area contributed by atoms with E-state index in [9.17, 15) is 9.18 Å². The smallest absolute Gasteiger partial charge is 0.198 e. The van der Waals surface area contributed by atoms with Gasteiger partial charge in [-0.15, -0.1) is 11.3 Å². The molecule has 7 heteroatoms. The van der Waals surface area contributed by atoms with E-state index in [2.05, 4.69) is 34.2 Å². The first-order valence-corrected chi connectivity index (χ1v) is 10.1. The summed E-state index contributed by atoms with van der Waals surface area (Å²) in [5.74, 6) is -0.405. The molecule has 0 unspecified atom stereocenters. The molecule has 0 saturated heterocycles. The van der Waals surface area contributed by atoms with Crippen LogP contribution in [0.5, 0.6) is 0 Å². The number of rotatable bonds is 9. The third-order valence-corrected chi connectivity index (χ3v) is 5.85. The lowest BCUT2D eigenvalue weighted by molar-refractivity contribution is 0.0642. The van der Waals surface area contributed by atoms with Crippen molar-refractivity contribution in [1.29, 1.82) is 0 Å². The Morgan fingerprint density at radius 2 is 2.19 bits per heavy atom. The van der Waals surface area contributed by atoms with Gasteiger partial charge in [0.05, 0.1) is 17.7 Å². The minimum absolute atomic E-state index is 0.0527. The minimum Gasteiger partial charge on any atom is -0.499 e. The van der Waals surface area contributed by atoms with Crippen LogP contribution in [0.1, 0.15) is 20.8 Å². The molecule has 0 fully saturated rings. The van der Waals surface area contributed by atoms with E-state index in [-0.39, 0.29) is 18.2 Å². The highest BCUT2D eigenvalue weighted by molar-refractivity contribution is 14.1. The Morgan fingerprint density at radius 3 is 2.96 bits per heavy atom. The predicted molar refractivity (Wildman–Crippen MR) is 113 cm³/mol. The van der Waals surface area contributed by atoms with Gasteiger partial charge in [0.1, 0.15) is 19.0 Å². The lowest BCUT2D eigenvalue weighted by atomic mass is 10.0. The van der Waals surface area contributed by atoms with Crippen LogP contribution in [-0.2, 0) is 15.9 Å². The molecule has 4 nitrogen and oxygen atoms in total. The molecule has 2 aromatic heterocycles. The Bertz CT molecular complexity index is 973. The van der Waals surface area contributed by atoms with E-state index in [0.29, 0.717) is 30.1 Å². The van der Waals surface area contributed by atoms with Crippen molar-refractivity contribution in [3.8, 4) is 0 Å². The van der Waals surface area contributed by atoms with E-state index in [1.165, 1.54) is 23.7 Å². The van der Waals surface area contributed by atoms with Crippen LogP contribution in [0.3, 0.4) is 0 Å². The molecule has 0 aliphatic rings. The molecule has 0 bridgehead atoms. The molecule has 0 aliphatic carbocycles. The van der Waals surface area contributed by atoms with Gasteiger partial charge in [0.25, 0.3) is 0 Å². The first kappa shape index (κ1) is 19.9. The molecule has 0 atom stereocenters. The molecule has 27 heavy (non-hydrogen) atoms. The number of carbonyl (C=O) groups is 1. The Hall–Kier alpha value is -1.84. The van der Waals surface area contributed by atoms with Crippen molar-refractivity contribution in [2.24, 2.45) is 0 Å². The first-order valence-electron chi connectivity index (χ1n) is 8.23. The summed E-state index contributed by atoms with van der Waals surface area (Å²) < 4.78 is 26.5. The van der Waals surface area contributed by atoms with Gasteiger partial charge < -0.3 is 9.47 Å². The Morgan fingerprint density at radius 1 is 1.33 bits per heavy atom. The molecule has 1 aromatic carbocycles. The fourth-order valence-electron chi connectivity index (χ4n) is 2.67. The molecular weight excluding hydrogens is 480 g/mol. The number of Topliss-reactive ketones (excluding diaryl/α,β-unsaturated/α-hetero) is 1. The minimum atomic E-state index is -0.277. The van der Waals surface area contributed by atoms with Crippen LogP contribution in [-0.4, -0.2) is 30.6 Å². The fraction of sp³-hybridized carbons (Fsp3) is 0.200. The summed E-state index contributed by atoms with van der Waals surface area (Å²) in [6.07, 6.45) is 5.07. The molecule has 0 spiro atoms. The SMILES string of the molecule is C=COCCOCC(=O)c1sc2ccncc2c1Cc1ccc(I)cc1F. The van der Waals surface area contributed by atoms with E-state index in [1.54, 1.807) is 18.5 Å². The van der Waals surface area contributed by atoms with Gasteiger partial charge in [-0.05, 0) is 51.9 Å². The third-order valence-electron chi connectivity index (χ3n) is 3.92. The number of nitrogens with zero attached hydrogens (tertiary/aromatic N) is 1. The number of hydrogen-bond acceptors (Lipinski definition) is 5. The van der Waals surface area contributed by atoms with E-state index in [0.717, 1.165) is 19.2 Å². The van der Waals surface area contributed by atoms with Crippen molar-refractivity contribution in [3.63, 3.8) is 0 Å². The molecule has 3 rings (SSSR count). The van der Waals surface area contributed by atoms with Crippen molar-refractivity contribution in [2.75, 3.05) is 19.8 Å². The van der Waals surface area contributed by atoms with E-state index < -0.39 is 0 Å². The summed E-state index contributed by atoms with van der Waals surface area (Å²) in [4.78, 5) is 17.5. The van der Waals surface area contributed by atoms with Crippen molar-refractivity contribution in [1.82, 2.24) is 4.98 Å². The molecule has 140 valence electrons. The van der Waals surface area contributed by atoms with Gasteiger partial charge in [-0.25, -0.2) is 4.39 Å². The second-order valence-corrected chi connectivity index (χ2v) is 8.01. The molecule has 2 heterocycles. The predicted octanol–water partition coefficient (Wildman–Crippen LogP) is 4.99. The van der Waals surface area contributed by atoms with Crippen LogP contribution in [0.2, 0.25) is 0 Å². The summed E-state index contributed by atoms with van der Waals surface area (Å²) in [5.41, 5.74) is 1.34. The van der Waals surface area contributed by atoms with Crippen LogP contribution >= 0.6 is 33.9 Å². The number of hydrogen-bond donors (Lipinski definition) is 0. The van der Waals surface area contributed by atoms with Gasteiger partial charge in [0, 0.05) is 32.5 Å². The van der Waals surface area contributed by atoms with Crippen molar-refractivity contribution in [2.45, 2.75) is 6.42 Å². The van der Waals surface area contributed by atoms with Crippen molar-refractivity contribution < 1.29 is 18.7 Å². The monoisotopic (exact) mass is 497 g/mol. The Labute approximate surface area is 174 Å². The maximum Gasteiger partial charge on any atom is 0.198 e. The van der Waals surface area contributed by atoms with Gasteiger partial charge in [0.15, 0.2) is 5.78 Å². The average Bonchev–Trinajstić information content (AvgIpc) is 3.02. The number of thiophene rings is 1. The van der Waals surface area contributed by atoms with Crippen LogP contribution < -0.4 is 0 Å². The molecule has 0 N–H and O–H groups in total. The van der Waals surface area contributed by atoms with Crippen LogP contribution in [0, 0.1) is 9.39 Å². The topological polar surface area (TPSA) is 48.4 Å². The van der Waals surface area contributed by atoms with Gasteiger partial charge in [-0.3, -0.25) is 9.78 Å². The fourth-order valence-corrected chi connectivity index (χ4v) is 4.23. The van der Waals surface area contributed by atoms with E-state index in [4.69, 9.17) is 9.47 Å². The number of pyridine rings is 1. The van der Waals surface area contributed by atoms with Gasteiger partial charge in [-0.2, -0.15) is 0 Å². The molecule has 0 saturated carbocycles. The van der Waals surface area contributed by atoms with E-state index >= 15 is 0 Å². The summed E-state index contributed by atoms with van der Waals surface area (Å²) in [6, 6.07) is 6.97. The number of carbonyl (C=O) groups excluding carboxylic acids is 1. The Kier molecular flexibility index (Phi) is 6.92. The zero-order valence-corrected chi connectivity index (χ0v) is 17.4. The average molecular weight is 497 g/mol. The quantitative estimate of drug-likeness (QED) is 0.181. The molecule has 0 radical (unpaired) electrons. The van der Waals surface area contributed by atoms with Gasteiger partial charge in [-0.1, -0.05) is 12.6 Å². The number of benzene rings is 1. The first-order chi connectivity index (χ1) is 13.1. The number of ether oxygens (including phenoxy) is 2. The highest BCUT2D eigenvalue weighted by Crippen LogP contribution is 2.33. The zero-order valence-electron chi connectivity index (χ0n) is 14.4. The summed E-state index contributed by atoms with van der Waals surface area (Å²) in [5, 5.41) is 0.874. The molecule has 0 amide bonds. The lowest BCUT2D eigenvalue weighted by Crippen LogP contribution is -2.12. The van der Waals surface area contributed by atoms with Crippen molar-refractivity contribution >= 4 is 49.8 Å². The highest BCUT2D eigenvalue weighted by atomic mass is 127. The van der Waals surface area contributed by atoms with Crippen LogP contribution in [0.25, 0.3) is 10.1 Å². The highest BCUT2D eigenvalue weighted by Gasteiger charge is 2.20. The maximum absolute atomic E-state index is 14.3. The summed E-state index contributed by atoms with van der Waals surface area (Å²) in [6.45, 7) is 4.03. The second-order valence-electron chi connectivity index (χ2n) is 5.71. The second kappa shape index (κ2) is 9.38. The van der Waals surface area contributed by atoms with Crippen molar-refractivity contribution in [3.05, 3.63) is 74.9 Å². The van der Waals surface area contributed by atoms with Crippen LogP contribution in [0.15, 0.2) is 49.5 Å². The number of fused-ring (bicyclic) bond motifs is 1. The normalized spacial score (nSPS) is 10.9. The molecule has 0 aliphatic heterocycles. The number of halogens is 2. The summed E-state index contributed by atoms with van der Waals surface area (Å²) >= 11 is 3.46. The van der Waals surface area contributed by atoms with Gasteiger partial charge in [0.2, 0.25) is 0 Å². The zero-order chi connectivity index (χ0) is 19.2. The van der Waals surface area contributed by atoms with Gasteiger partial charge >= 0.3 is 0 Å². The van der Waals surface area contributed by atoms with Crippen LogP contribution in [0.4, 0.5) is 4.39 Å². The third kappa shape index (κ3) is 4.91. The Balaban J connectivity index is 1.87. The largest absolute Gasteiger partial charge is 0.499 e.